The van der Waals surface area contributed by atoms with Crippen molar-refractivity contribution in [1.29, 1.82) is 0 Å². The Morgan fingerprint density at radius 3 is 2.42 bits per heavy atom. The lowest BCUT2D eigenvalue weighted by atomic mass is 9.55. The summed E-state index contributed by atoms with van der Waals surface area (Å²) in [5, 5.41) is 0.710. The molecular weight excluding hydrogens is 406 g/mol. The molecule has 162 valence electrons. The highest BCUT2D eigenvalue weighted by Crippen LogP contribution is 2.53. The number of halogens is 1. The first-order chi connectivity index (χ1) is 14.8. The number of benzene rings is 2. The number of hydrogen-bond acceptors (Lipinski definition) is 3. The molecule has 4 heteroatoms. The zero-order chi connectivity index (χ0) is 21.8. The number of nitrogens with zero attached hydrogens (tertiary/aromatic N) is 1. The van der Waals surface area contributed by atoms with Gasteiger partial charge in [0.05, 0.1) is 0 Å². The minimum atomic E-state index is -0.911. The molecule has 2 heterocycles. The molecule has 0 N–H and O–H groups in total. The maximum atomic E-state index is 13.7. The summed E-state index contributed by atoms with van der Waals surface area (Å²) in [6.07, 6.45) is 4.41. The fourth-order valence-electron chi connectivity index (χ4n) is 6.27. The van der Waals surface area contributed by atoms with Crippen LogP contribution in [0.2, 0.25) is 5.02 Å². The second-order valence-electron chi connectivity index (χ2n) is 10.6. The Bertz CT molecular complexity index is 1010. The Kier molecular flexibility index (Phi) is 5.01. The van der Waals surface area contributed by atoms with E-state index in [2.05, 4.69) is 29.2 Å². The minimum absolute atomic E-state index is 0.0722. The molecule has 2 aromatic carbocycles. The Labute approximate surface area is 189 Å². The van der Waals surface area contributed by atoms with Gasteiger partial charge >= 0.3 is 0 Å². The van der Waals surface area contributed by atoms with Gasteiger partial charge in [-0.15, -0.1) is 0 Å². The third kappa shape index (κ3) is 3.51. The van der Waals surface area contributed by atoms with E-state index >= 15 is 0 Å². The summed E-state index contributed by atoms with van der Waals surface area (Å²) in [7, 11) is 0. The second kappa shape index (κ2) is 7.48. The number of anilines is 1. The fourth-order valence-corrected chi connectivity index (χ4v) is 6.44. The third-order valence-corrected chi connectivity index (χ3v) is 7.98. The Hall–Kier alpha value is -2.13. The molecule has 1 saturated carbocycles. The van der Waals surface area contributed by atoms with E-state index in [4.69, 9.17) is 11.6 Å². The van der Waals surface area contributed by atoms with Crippen molar-refractivity contribution in [2.75, 3.05) is 11.4 Å². The van der Waals surface area contributed by atoms with Crippen molar-refractivity contribution in [3.8, 4) is 0 Å². The van der Waals surface area contributed by atoms with Gasteiger partial charge in [-0.2, -0.15) is 0 Å². The molecule has 0 amide bonds. The molecule has 1 spiro atoms. The average Bonchev–Trinajstić information content (AvgIpc) is 2.72. The Morgan fingerprint density at radius 1 is 1.00 bits per heavy atom. The predicted molar refractivity (Wildman–Crippen MR) is 125 cm³/mol. The minimum Gasteiger partial charge on any atom is -0.367 e. The number of hydrogen-bond donors (Lipinski definition) is 0. The highest BCUT2D eigenvalue weighted by molar-refractivity contribution is 6.31. The van der Waals surface area contributed by atoms with Gasteiger partial charge in [-0.05, 0) is 60.3 Å². The molecule has 0 unspecified atom stereocenters. The van der Waals surface area contributed by atoms with Crippen molar-refractivity contribution in [2.45, 2.75) is 58.4 Å². The summed E-state index contributed by atoms with van der Waals surface area (Å²) in [4.78, 5) is 29.8. The third-order valence-electron chi connectivity index (χ3n) is 7.75. The van der Waals surface area contributed by atoms with Crippen LogP contribution in [0.25, 0.3) is 0 Å². The van der Waals surface area contributed by atoms with Crippen molar-refractivity contribution < 1.29 is 9.59 Å². The van der Waals surface area contributed by atoms with E-state index in [0.29, 0.717) is 30.2 Å². The first-order valence-electron chi connectivity index (χ1n) is 11.4. The summed E-state index contributed by atoms with van der Waals surface area (Å²) < 4.78 is 0. The number of piperidine rings is 1. The molecule has 2 fully saturated rings. The Balaban J connectivity index is 1.55. The molecule has 3 aliphatic rings. The maximum absolute atomic E-state index is 13.7. The van der Waals surface area contributed by atoms with Gasteiger partial charge in [0.25, 0.3) is 0 Å². The highest BCUT2D eigenvalue weighted by Gasteiger charge is 2.60. The monoisotopic (exact) mass is 435 g/mol. The van der Waals surface area contributed by atoms with Crippen molar-refractivity contribution in [3.05, 3.63) is 64.7 Å². The van der Waals surface area contributed by atoms with E-state index in [1.54, 1.807) is 0 Å². The number of rotatable bonds is 2. The standard InChI is InChI=1S/C27H30ClNO2/c1-26(2)16-24(30)27(25(31)17-26)15-20-8-9-21(28)14-22(20)29-11-10-19(13-23(27)29)12-18-6-4-3-5-7-18/h3-9,14,19,23H,10-13,15-17H2,1-2H3/t19-,23+/m1/s1. The molecule has 1 saturated heterocycles. The molecular formula is C27H30ClNO2. The molecule has 0 aromatic heterocycles. The first-order valence-corrected chi connectivity index (χ1v) is 11.8. The van der Waals surface area contributed by atoms with Crippen LogP contribution in [0.15, 0.2) is 48.5 Å². The van der Waals surface area contributed by atoms with Crippen LogP contribution in [0, 0.1) is 16.7 Å². The molecule has 1 aliphatic carbocycles. The van der Waals surface area contributed by atoms with Gasteiger partial charge in [0.2, 0.25) is 0 Å². The van der Waals surface area contributed by atoms with Gasteiger partial charge in [-0.1, -0.05) is 61.8 Å². The lowest BCUT2D eigenvalue weighted by Gasteiger charge is -2.56. The van der Waals surface area contributed by atoms with E-state index in [9.17, 15) is 9.59 Å². The van der Waals surface area contributed by atoms with Crippen LogP contribution in [-0.2, 0) is 22.4 Å². The topological polar surface area (TPSA) is 37.4 Å². The molecule has 0 radical (unpaired) electrons. The fraction of sp³-hybridized carbons (Fsp3) is 0.481. The number of carbonyl (C=O) groups is 2. The molecule has 5 rings (SSSR count). The van der Waals surface area contributed by atoms with E-state index < -0.39 is 5.41 Å². The molecule has 2 aromatic rings. The highest BCUT2D eigenvalue weighted by atomic mass is 35.5. The number of carbonyl (C=O) groups excluding carboxylic acids is 2. The van der Waals surface area contributed by atoms with Crippen LogP contribution in [0.1, 0.15) is 50.7 Å². The van der Waals surface area contributed by atoms with Crippen LogP contribution >= 0.6 is 11.6 Å². The lowest BCUT2D eigenvalue weighted by Crippen LogP contribution is -2.65. The van der Waals surface area contributed by atoms with Crippen molar-refractivity contribution in [1.82, 2.24) is 0 Å². The molecule has 3 nitrogen and oxygen atoms in total. The van der Waals surface area contributed by atoms with Crippen LogP contribution < -0.4 is 4.90 Å². The molecule has 2 atom stereocenters. The van der Waals surface area contributed by atoms with Gasteiger partial charge in [0.15, 0.2) is 0 Å². The average molecular weight is 436 g/mol. The van der Waals surface area contributed by atoms with Crippen molar-refractivity contribution >= 4 is 28.9 Å². The lowest BCUT2D eigenvalue weighted by molar-refractivity contribution is -0.151. The second-order valence-corrected chi connectivity index (χ2v) is 11.0. The summed E-state index contributed by atoms with van der Waals surface area (Å²) >= 11 is 6.36. The SMILES string of the molecule is CC1(C)CC(=O)C2(Cc3ccc(Cl)cc3N3CC[C@H](Cc4ccccc4)C[C@H]32)C(=O)C1. The quantitative estimate of drug-likeness (QED) is 0.570. The van der Waals surface area contributed by atoms with Crippen molar-refractivity contribution in [3.63, 3.8) is 0 Å². The summed E-state index contributed by atoms with van der Waals surface area (Å²) in [6.45, 7) is 4.95. The number of ketones is 2. The van der Waals surface area contributed by atoms with E-state index in [1.807, 2.05) is 38.1 Å². The van der Waals surface area contributed by atoms with Gasteiger partial charge in [-0.3, -0.25) is 9.59 Å². The zero-order valence-corrected chi connectivity index (χ0v) is 19.1. The number of fused-ring (bicyclic) bond motifs is 4. The summed E-state index contributed by atoms with van der Waals surface area (Å²) in [5.41, 5.74) is 2.38. The molecule has 0 bridgehead atoms. The van der Waals surface area contributed by atoms with Gasteiger partial charge < -0.3 is 4.90 Å². The van der Waals surface area contributed by atoms with Gasteiger partial charge in [-0.25, -0.2) is 0 Å². The maximum Gasteiger partial charge on any atom is 0.149 e. The molecule has 2 aliphatic heterocycles. The van der Waals surface area contributed by atoms with E-state index in [0.717, 1.165) is 37.1 Å². The van der Waals surface area contributed by atoms with Crippen LogP contribution in [-0.4, -0.2) is 24.2 Å². The predicted octanol–water partition coefficient (Wildman–Crippen LogP) is 5.67. The van der Waals surface area contributed by atoms with Crippen LogP contribution in [0.5, 0.6) is 0 Å². The van der Waals surface area contributed by atoms with Crippen molar-refractivity contribution in [2.24, 2.45) is 16.7 Å². The van der Waals surface area contributed by atoms with E-state index in [-0.39, 0.29) is 23.0 Å². The molecule has 31 heavy (non-hydrogen) atoms. The first kappa shape index (κ1) is 20.8. The number of Topliss-reactive ketones (excluding diaryl/α,β-unsaturated/α-hetero) is 2. The summed E-state index contributed by atoms with van der Waals surface area (Å²) in [5.74, 6) is 0.756. The van der Waals surface area contributed by atoms with E-state index in [1.165, 1.54) is 5.56 Å². The smallest absolute Gasteiger partial charge is 0.149 e. The Morgan fingerprint density at radius 2 is 1.71 bits per heavy atom. The zero-order valence-electron chi connectivity index (χ0n) is 18.4. The van der Waals surface area contributed by atoms with Gasteiger partial charge in [0.1, 0.15) is 17.0 Å². The van der Waals surface area contributed by atoms with Crippen LogP contribution in [0.4, 0.5) is 5.69 Å². The van der Waals surface area contributed by atoms with Crippen LogP contribution in [0.3, 0.4) is 0 Å². The largest absolute Gasteiger partial charge is 0.367 e. The summed E-state index contributed by atoms with van der Waals surface area (Å²) in [6, 6.07) is 16.4. The normalized spacial score (nSPS) is 26.5. The van der Waals surface area contributed by atoms with Gasteiger partial charge in [0, 0.05) is 36.1 Å².